The molecule has 0 unspecified atom stereocenters. The first-order chi connectivity index (χ1) is 7.86. The first-order valence-corrected chi connectivity index (χ1v) is 5.48. The third kappa shape index (κ3) is 1.36. The van der Waals surface area contributed by atoms with Gasteiger partial charge in [-0.3, -0.25) is 0 Å². The molecule has 0 amide bonds. The van der Waals surface area contributed by atoms with Gasteiger partial charge in [0.15, 0.2) is 0 Å². The molecule has 0 atom stereocenters. The van der Waals surface area contributed by atoms with E-state index in [1.54, 1.807) is 12.4 Å². The topological polar surface area (TPSA) is 69.6 Å². The Morgan fingerprint density at radius 2 is 1.88 bits per heavy atom. The van der Waals surface area contributed by atoms with Gasteiger partial charge in [0.25, 0.3) is 0 Å². The average Bonchev–Trinajstić information content (AvgIpc) is 2.69. The summed E-state index contributed by atoms with van der Waals surface area (Å²) in [5.41, 5.74) is 9.24. The van der Waals surface area contributed by atoms with Crippen LogP contribution in [0.1, 0.15) is 24.1 Å². The molecule has 0 bridgehead atoms. The fraction of sp³-hybridized carbons (Fsp3) is 0.364. The first-order valence-electron chi connectivity index (χ1n) is 5.48. The van der Waals surface area contributed by atoms with Crippen molar-refractivity contribution in [3.63, 3.8) is 0 Å². The molecule has 0 radical (unpaired) electrons. The second-order valence-corrected chi connectivity index (χ2v) is 4.03. The molecule has 3 rings (SSSR count). The summed E-state index contributed by atoms with van der Waals surface area (Å²) in [7, 11) is 0. The van der Waals surface area contributed by atoms with Crippen LogP contribution in [0.2, 0.25) is 0 Å². The minimum absolute atomic E-state index is 0.651. The van der Waals surface area contributed by atoms with Crippen LogP contribution in [0.25, 0.3) is 5.69 Å². The smallest absolute Gasteiger partial charge is 0.149 e. The van der Waals surface area contributed by atoms with Crippen molar-refractivity contribution < 1.29 is 0 Å². The van der Waals surface area contributed by atoms with Gasteiger partial charge in [-0.2, -0.15) is 5.10 Å². The van der Waals surface area contributed by atoms with Gasteiger partial charge in [0, 0.05) is 11.3 Å². The molecule has 82 valence electrons. The zero-order chi connectivity index (χ0) is 11.0. The van der Waals surface area contributed by atoms with E-state index in [0.717, 1.165) is 18.5 Å². The summed E-state index contributed by atoms with van der Waals surface area (Å²) in [6.45, 7) is 0. The molecule has 5 nitrogen and oxygen atoms in total. The zero-order valence-electron chi connectivity index (χ0n) is 8.93. The molecule has 0 saturated heterocycles. The Hall–Kier alpha value is -1.91. The molecule has 2 heterocycles. The van der Waals surface area contributed by atoms with E-state index in [1.165, 1.54) is 30.4 Å². The van der Waals surface area contributed by atoms with E-state index in [9.17, 15) is 0 Å². The molecule has 16 heavy (non-hydrogen) atoms. The molecule has 1 aliphatic rings. The molecule has 2 aromatic heterocycles. The van der Waals surface area contributed by atoms with Gasteiger partial charge in [-0.1, -0.05) is 0 Å². The number of nitrogens with two attached hydrogens (primary N) is 1. The Balaban J connectivity index is 2.15. The summed E-state index contributed by atoms with van der Waals surface area (Å²) in [6, 6.07) is 0. The number of aromatic nitrogens is 4. The van der Waals surface area contributed by atoms with E-state index in [4.69, 9.17) is 5.73 Å². The Morgan fingerprint density at radius 3 is 2.69 bits per heavy atom. The number of hydrogen-bond donors (Lipinski definition) is 1. The number of fused-ring (bicyclic) bond motifs is 1. The number of nitrogen functional groups attached to an aromatic ring is 1. The lowest BCUT2D eigenvalue weighted by Crippen LogP contribution is -2.08. The maximum absolute atomic E-state index is 5.93. The van der Waals surface area contributed by atoms with E-state index in [0.29, 0.717) is 5.82 Å². The van der Waals surface area contributed by atoms with Gasteiger partial charge >= 0.3 is 0 Å². The minimum atomic E-state index is 0.651. The summed E-state index contributed by atoms with van der Waals surface area (Å²) in [5, 5.41) is 4.38. The van der Waals surface area contributed by atoms with Gasteiger partial charge < -0.3 is 5.73 Å². The third-order valence-corrected chi connectivity index (χ3v) is 3.00. The summed E-state index contributed by atoms with van der Waals surface area (Å²) in [6.07, 6.45) is 9.51. The van der Waals surface area contributed by atoms with Gasteiger partial charge in [0.2, 0.25) is 0 Å². The number of nitrogens with zero attached hydrogens (tertiary/aromatic N) is 4. The van der Waals surface area contributed by atoms with Crippen molar-refractivity contribution in [3.8, 4) is 5.69 Å². The SMILES string of the molecule is Nc1nn(-c2cncnc2)c2c1CCCC2. The summed E-state index contributed by atoms with van der Waals surface area (Å²) < 4.78 is 1.88. The van der Waals surface area contributed by atoms with E-state index in [1.807, 2.05) is 4.68 Å². The molecule has 2 aromatic rings. The first kappa shape index (κ1) is 9.33. The Labute approximate surface area is 93.3 Å². The molecule has 0 spiro atoms. The van der Waals surface area contributed by atoms with E-state index in [-0.39, 0.29) is 0 Å². The van der Waals surface area contributed by atoms with Crippen LogP contribution in [-0.4, -0.2) is 19.7 Å². The monoisotopic (exact) mass is 215 g/mol. The van der Waals surface area contributed by atoms with Gasteiger partial charge in [0.1, 0.15) is 17.8 Å². The van der Waals surface area contributed by atoms with Crippen LogP contribution < -0.4 is 5.73 Å². The predicted molar refractivity (Wildman–Crippen MR) is 60.2 cm³/mol. The lowest BCUT2D eigenvalue weighted by Gasteiger charge is -2.13. The van der Waals surface area contributed by atoms with Crippen molar-refractivity contribution in [3.05, 3.63) is 30.0 Å². The van der Waals surface area contributed by atoms with Crippen LogP contribution in [0.3, 0.4) is 0 Å². The van der Waals surface area contributed by atoms with Gasteiger partial charge in [-0.15, -0.1) is 0 Å². The van der Waals surface area contributed by atoms with Crippen LogP contribution >= 0.6 is 0 Å². The fourth-order valence-corrected chi connectivity index (χ4v) is 2.24. The number of rotatable bonds is 1. The van der Waals surface area contributed by atoms with Crippen molar-refractivity contribution in [1.82, 2.24) is 19.7 Å². The fourth-order valence-electron chi connectivity index (χ4n) is 2.24. The summed E-state index contributed by atoms with van der Waals surface area (Å²) in [5.74, 6) is 0.651. The zero-order valence-corrected chi connectivity index (χ0v) is 8.93. The highest BCUT2D eigenvalue weighted by molar-refractivity contribution is 5.47. The quantitative estimate of drug-likeness (QED) is 0.774. The van der Waals surface area contributed by atoms with E-state index < -0.39 is 0 Å². The lowest BCUT2D eigenvalue weighted by molar-refractivity contribution is 0.652. The van der Waals surface area contributed by atoms with Gasteiger partial charge in [-0.25, -0.2) is 14.6 Å². The summed E-state index contributed by atoms with van der Waals surface area (Å²) in [4.78, 5) is 8.01. The molecule has 0 aliphatic heterocycles. The third-order valence-electron chi connectivity index (χ3n) is 3.00. The molecule has 0 aromatic carbocycles. The molecule has 0 saturated carbocycles. The molecule has 1 aliphatic carbocycles. The molecule has 5 heteroatoms. The molecular formula is C11H13N5. The van der Waals surface area contributed by atoms with Crippen molar-refractivity contribution in [1.29, 1.82) is 0 Å². The maximum atomic E-state index is 5.93. The van der Waals surface area contributed by atoms with Crippen LogP contribution in [0, 0.1) is 0 Å². The van der Waals surface area contributed by atoms with Crippen LogP contribution in [0.5, 0.6) is 0 Å². The Kier molecular flexibility index (Phi) is 2.09. The van der Waals surface area contributed by atoms with Crippen molar-refractivity contribution >= 4 is 5.82 Å². The van der Waals surface area contributed by atoms with Crippen LogP contribution in [-0.2, 0) is 12.8 Å². The molecule has 0 fully saturated rings. The van der Waals surface area contributed by atoms with Crippen molar-refractivity contribution in [2.75, 3.05) is 5.73 Å². The van der Waals surface area contributed by atoms with Crippen molar-refractivity contribution in [2.24, 2.45) is 0 Å². The Bertz CT molecular complexity index is 503. The number of anilines is 1. The maximum Gasteiger partial charge on any atom is 0.149 e. The molecular weight excluding hydrogens is 202 g/mol. The minimum Gasteiger partial charge on any atom is -0.382 e. The number of hydrogen-bond acceptors (Lipinski definition) is 4. The Morgan fingerprint density at radius 1 is 1.12 bits per heavy atom. The second kappa shape index (κ2) is 3.59. The van der Waals surface area contributed by atoms with Crippen molar-refractivity contribution in [2.45, 2.75) is 25.7 Å². The standard InChI is InChI=1S/C11H13N5/c12-11-9-3-1-2-4-10(9)16(15-11)8-5-13-7-14-6-8/h5-7H,1-4H2,(H2,12,15). The summed E-state index contributed by atoms with van der Waals surface area (Å²) >= 11 is 0. The van der Waals surface area contributed by atoms with Crippen LogP contribution in [0.15, 0.2) is 18.7 Å². The average molecular weight is 215 g/mol. The normalized spacial score (nSPS) is 14.8. The second-order valence-electron chi connectivity index (χ2n) is 4.03. The van der Waals surface area contributed by atoms with Gasteiger partial charge in [0.05, 0.1) is 12.4 Å². The van der Waals surface area contributed by atoms with Crippen LogP contribution in [0.4, 0.5) is 5.82 Å². The van der Waals surface area contributed by atoms with E-state index in [2.05, 4.69) is 15.1 Å². The highest BCUT2D eigenvalue weighted by Crippen LogP contribution is 2.27. The predicted octanol–water partition coefficient (Wildman–Crippen LogP) is 1.12. The highest BCUT2D eigenvalue weighted by atomic mass is 15.3. The lowest BCUT2D eigenvalue weighted by atomic mass is 9.97. The largest absolute Gasteiger partial charge is 0.382 e. The van der Waals surface area contributed by atoms with E-state index >= 15 is 0 Å². The highest BCUT2D eigenvalue weighted by Gasteiger charge is 2.19. The molecule has 2 N–H and O–H groups in total. The van der Waals surface area contributed by atoms with Gasteiger partial charge in [-0.05, 0) is 25.7 Å².